The minimum atomic E-state index is -0.500. The molecule has 0 unspecified atom stereocenters. The fourth-order valence-corrected chi connectivity index (χ4v) is 3.22. The third kappa shape index (κ3) is 3.95. The Kier molecular flexibility index (Phi) is 5.45. The van der Waals surface area contributed by atoms with Gasteiger partial charge in [-0.05, 0) is 32.9 Å². The summed E-state index contributed by atoms with van der Waals surface area (Å²) >= 11 is 1.14. The van der Waals surface area contributed by atoms with E-state index in [-0.39, 0.29) is 23.3 Å². The molecule has 0 bridgehead atoms. The van der Waals surface area contributed by atoms with E-state index in [4.69, 9.17) is 5.84 Å². The molecule has 3 N–H and O–H groups in total. The second-order valence-electron chi connectivity index (χ2n) is 6.16. The van der Waals surface area contributed by atoms with Gasteiger partial charge in [0.15, 0.2) is 5.82 Å². The van der Waals surface area contributed by atoms with Gasteiger partial charge in [0, 0.05) is 12.1 Å². The van der Waals surface area contributed by atoms with Gasteiger partial charge < -0.3 is 11.2 Å². The van der Waals surface area contributed by atoms with Crippen molar-refractivity contribution in [3.05, 3.63) is 42.3 Å². The van der Waals surface area contributed by atoms with Gasteiger partial charge in [-0.15, -0.1) is 10.2 Å². The van der Waals surface area contributed by atoms with E-state index in [1.807, 2.05) is 13.8 Å². The van der Waals surface area contributed by atoms with Crippen molar-refractivity contribution in [2.24, 2.45) is 0 Å². The molecular formula is C17H20FN7OS. The van der Waals surface area contributed by atoms with E-state index in [2.05, 4.69) is 20.6 Å². The van der Waals surface area contributed by atoms with E-state index >= 15 is 0 Å². The van der Waals surface area contributed by atoms with Gasteiger partial charge in [0.1, 0.15) is 11.6 Å². The van der Waals surface area contributed by atoms with Gasteiger partial charge >= 0.3 is 0 Å². The molecule has 10 heteroatoms. The number of nitrogens with one attached hydrogen (secondary N) is 1. The first kappa shape index (κ1) is 18.9. The third-order valence-electron chi connectivity index (χ3n) is 3.84. The number of carbonyl (C=O) groups excluding carboxylic acids is 1. The third-order valence-corrected chi connectivity index (χ3v) is 4.90. The molecule has 0 spiro atoms. The van der Waals surface area contributed by atoms with Crippen LogP contribution in [0.2, 0.25) is 0 Å². The summed E-state index contributed by atoms with van der Waals surface area (Å²) in [5.41, 5.74) is 0.247. The van der Waals surface area contributed by atoms with Gasteiger partial charge in [-0.2, -0.15) is 5.10 Å². The number of amides is 1. The lowest BCUT2D eigenvalue weighted by Crippen LogP contribution is -2.25. The first-order chi connectivity index (χ1) is 12.9. The molecule has 3 aromatic rings. The quantitative estimate of drug-likeness (QED) is 0.496. The number of halogens is 1. The van der Waals surface area contributed by atoms with Crippen molar-refractivity contribution in [1.82, 2.24) is 24.7 Å². The maximum Gasteiger partial charge on any atom is 0.238 e. The Hall–Kier alpha value is -2.88. The molecule has 0 aliphatic rings. The van der Waals surface area contributed by atoms with Crippen LogP contribution in [0, 0.1) is 5.82 Å². The van der Waals surface area contributed by atoms with E-state index in [0.717, 1.165) is 11.8 Å². The van der Waals surface area contributed by atoms with Crippen LogP contribution in [-0.4, -0.2) is 35.8 Å². The van der Waals surface area contributed by atoms with Crippen LogP contribution in [-0.2, 0) is 4.79 Å². The van der Waals surface area contributed by atoms with Crippen molar-refractivity contribution >= 4 is 23.5 Å². The van der Waals surface area contributed by atoms with E-state index in [9.17, 15) is 9.18 Å². The van der Waals surface area contributed by atoms with Crippen molar-refractivity contribution in [2.75, 3.05) is 11.2 Å². The highest BCUT2D eigenvalue weighted by Crippen LogP contribution is 2.26. The molecule has 27 heavy (non-hydrogen) atoms. The standard InChI is InChI=1S/C17H20FN7OS/c1-10(2)25-14(8-9-20-25)21-16(26)11(3)27-17-23-22-15(24(17)19)12-6-4-5-7-13(12)18/h4-11H,19H2,1-3H3,(H,21,26)/t11-/m0/s1. The number of rotatable bonds is 6. The average Bonchev–Trinajstić information content (AvgIpc) is 3.23. The van der Waals surface area contributed by atoms with Gasteiger partial charge in [0.2, 0.25) is 11.1 Å². The van der Waals surface area contributed by atoms with Crippen molar-refractivity contribution in [2.45, 2.75) is 37.2 Å². The lowest BCUT2D eigenvalue weighted by molar-refractivity contribution is -0.115. The molecule has 8 nitrogen and oxygen atoms in total. The summed E-state index contributed by atoms with van der Waals surface area (Å²) in [6.45, 7) is 5.68. The Bertz CT molecular complexity index is 952. The topological polar surface area (TPSA) is 104 Å². The number of nitrogens with zero attached hydrogens (tertiary/aromatic N) is 5. The Balaban J connectivity index is 1.73. The Morgan fingerprint density at radius 1 is 1.22 bits per heavy atom. The molecule has 0 saturated carbocycles. The first-order valence-electron chi connectivity index (χ1n) is 8.35. The first-order valence-corrected chi connectivity index (χ1v) is 9.23. The minimum Gasteiger partial charge on any atom is -0.335 e. The number of nitrogens with two attached hydrogens (primary N) is 1. The highest BCUT2D eigenvalue weighted by Gasteiger charge is 2.22. The van der Waals surface area contributed by atoms with E-state index in [1.54, 1.807) is 42.1 Å². The zero-order chi connectivity index (χ0) is 19.6. The molecule has 2 aromatic heterocycles. The van der Waals surface area contributed by atoms with E-state index in [1.165, 1.54) is 10.7 Å². The van der Waals surface area contributed by atoms with Gasteiger partial charge in [-0.25, -0.2) is 13.7 Å². The number of anilines is 1. The van der Waals surface area contributed by atoms with E-state index < -0.39 is 11.1 Å². The lowest BCUT2D eigenvalue weighted by atomic mass is 10.2. The molecule has 3 rings (SSSR count). The molecule has 2 heterocycles. The van der Waals surface area contributed by atoms with Crippen molar-refractivity contribution in [3.63, 3.8) is 0 Å². The van der Waals surface area contributed by atoms with Crippen LogP contribution < -0.4 is 11.2 Å². The van der Waals surface area contributed by atoms with Gasteiger partial charge in [-0.1, -0.05) is 23.9 Å². The summed E-state index contributed by atoms with van der Waals surface area (Å²) in [5.74, 6) is 6.15. The lowest BCUT2D eigenvalue weighted by Gasteiger charge is -2.14. The zero-order valence-electron chi connectivity index (χ0n) is 15.1. The van der Waals surface area contributed by atoms with Crippen molar-refractivity contribution in [3.8, 4) is 11.4 Å². The fraction of sp³-hybridized carbons (Fsp3) is 0.294. The summed E-state index contributed by atoms with van der Waals surface area (Å²) in [6, 6.07) is 8.02. The van der Waals surface area contributed by atoms with Crippen LogP contribution in [0.5, 0.6) is 0 Å². The maximum atomic E-state index is 14.0. The molecule has 0 fully saturated rings. The predicted molar refractivity (Wildman–Crippen MR) is 102 cm³/mol. The molecule has 142 valence electrons. The van der Waals surface area contributed by atoms with Crippen LogP contribution >= 0.6 is 11.8 Å². The second kappa shape index (κ2) is 7.78. The fourth-order valence-electron chi connectivity index (χ4n) is 2.45. The highest BCUT2D eigenvalue weighted by molar-refractivity contribution is 8.00. The summed E-state index contributed by atoms with van der Waals surface area (Å²) in [4.78, 5) is 12.5. The largest absolute Gasteiger partial charge is 0.335 e. The molecular weight excluding hydrogens is 369 g/mol. The molecule has 0 aliphatic carbocycles. The molecule has 1 aromatic carbocycles. The summed E-state index contributed by atoms with van der Waals surface area (Å²) in [5, 5.41) is 14.8. The monoisotopic (exact) mass is 389 g/mol. The van der Waals surface area contributed by atoms with Crippen LogP contribution in [0.3, 0.4) is 0 Å². The van der Waals surface area contributed by atoms with Crippen molar-refractivity contribution < 1.29 is 9.18 Å². The maximum absolute atomic E-state index is 14.0. The SMILES string of the molecule is CC(C)n1nccc1NC(=O)[C@H](C)Sc1nnc(-c2ccccc2F)n1N. The number of carbonyl (C=O) groups is 1. The normalized spacial score (nSPS) is 12.3. The zero-order valence-corrected chi connectivity index (χ0v) is 15.9. The predicted octanol–water partition coefficient (Wildman–Crippen LogP) is 2.69. The summed E-state index contributed by atoms with van der Waals surface area (Å²) in [6.07, 6.45) is 1.63. The molecule has 0 saturated heterocycles. The van der Waals surface area contributed by atoms with Gasteiger partial charge in [-0.3, -0.25) is 4.79 Å². The van der Waals surface area contributed by atoms with Gasteiger partial charge in [0.25, 0.3) is 0 Å². The average molecular weight is 389 g/mol. The molecule has 0 aliphatic heterocycles. The van der Waals surface area contributed by atoms with Crippen LogP contribution in [0.15, 0.2) is 41.7 Å². The van der Waals surface area contributed by atoms with Crippen LogP contribution in [0.25, 0.3) is 11.4 Å². The summed E-state index contributed by atoms with van der Waals surface area (Å²) in [7, 11) is 0. The van der Waals surface area contributed by atoms with Gasteiger partial charge in [0.05, 0.1) is 17.0 Å². The molecule has 1 amide bonds. The minimum absolute atomic E-state index is 0.119. The smallest absolute Gasteiger partial charge is 0.238 e. The second-order valence-corrected chi connectivity index (χ2v) is 7.47. The van der Waals surface area contributed by atoms with Crippen LogP contribution in [0.4, 0.5) is 10.2 Å². The Morgan fingerprint density at radius 2 is 1.96 bits per heavy atom. The number of hydrogen-bond acceptors (Lipinski definition) is 6. The van der Waals surface area contributed by atoms with E-state index in [0.29, 0.717) is 11.0 Å². The van der Waals surface area contributed by atoms with Crippen LogP contribution in [0.1, 0.15) is 26.8 Å². The molecule has 1 atom stereocenters. The number of aromatic nitrogens is 5. The number of thioether (sulfide) groups is 1. The molecule has 0 radical (unpaired) electrons. The highest BCUT2D eigenvalue weighted by atomic mass is 32.2. The Labute approximate surface area is 159 Å². The number of nitrogen functional groups attached to an aromatic ring is 1. The summed E-state index contributed by atoms with van der Waals surface area (Å²) < 4.78 is 16.9. The Morgan fingerprint density at radius 3 is 2.67 bits per heavy atom. The number of benzene rings is 1. The number of hydrogen-bond donors (Lipinski definition) is 2. The van der Waals surface area contributed by atoms with Crippen molar-refractivity contribution in [1.29, 1.82) is 0 Å².